The van der Waals surface area contributed by atoms with Gasteiger partial charge in [0.05, 0.1) is 18.2 Å². The zero-order chi connectivity index (χ0) is 20.1. The Kier molecular flexibility index (Phi) is 6.74. The summed E-state index contributed by atoms with van der Waals surface area (Å²) < 4.78 is 5.69. The number of benzene rings is 1. The second-order valence-corrected chi connectivity index (χ2v) is 8.00. The van der Waals surface area contributed by atoms with Gasteiger partial charge in [-0.15, -0.1) is 0 Å². The van der Waals surface area contributed by atoms with Crippen molar-refractivity contribution in [1.82, 2.24) is 10.2 Å². The average Bonchev–Trinajstić information content (AvgIpc) is 2.70. The number of morpholine rings is 1. The third kappa shape index (κ3) is 4.74. The van der Waals surface area contributed by atoms with Gasteiger partial charge in [-0.05, 0) is 62.6 Å². The fraction of sp³-hybridized carbons (Fsp3) is 0.565. The summed E-state index contributed by atoms with van der Waals surface area (Å²) in [4.78, 5) is 14.5. The van der Waals surface area contributed by atoms with Crippen molar-refractivity contribution in [1.29, 1.82) is 5.26 Å². The molecule has 2 aliphatic rings. The van der Waals surface area contributed by atoms with Crippen LogP contribution in [0.2, 0.25) is 0 Å². The number of ether oxygens (including phenoxy) is 1. The normalized spacial score (nSPS) is 23.5. The van der Waals surface area contributed by atoms with E-state index in [1.807, 2.05) is 13.8 Å². The van der Waals surface area contributed by atoms with Crippen molar-refractivity contribution < 1.29 is 9.53 Å². The van der Waals surface area contributed by atoms with Crippen LogP contribution < -0.4 is 5.32 Å². The molecule has 1 N–H and O–H groups in total. The summed E-state index contributed by atoms with van der Waals surface area (Å²) in [7, 11) is 0. The Hall–Kier alpha value is -2.32. The number of nitriles is 1. The molecular weight excluding hydrogens is 350 g/mol. The lowest BCUT2D eigenvalue weighted by Gasteiger charge is -2.35. The van der Waals surface area contributed by atoms with Gasteiger partial charge in [-0.1, -0.05) is 25.1 Å². The van der Waals surface area contributed by atoms with E-state index in [9.17, 15) is 10.1 Å². The molecule has 5 heteroatoms. The molecule has 1 aliphatic carbocycles. The van der Waals surface area contributed by atoms with Crippen molar-refractivity contribution in [3.05, 3.63) is 46.7 Å². The number of rotatable bonds is 5. The van der Waals surface area contributed by atoms with Crippen molar-refractivity contribution in [3.63, 3.8) is 0 Å². The predicted molar refractivity (Wildman–Crippen MR) is 110 cm³/mol. The fourth-order valence-corrected chi connectivity index (χ4v) is 4.26. The highest BCUT2D eigenvalue weighted by atomic mass is 16.5. The molecule has 1 aromatic rings. The second kappa shape index (κ2) is 9.25. The minimum atomic E-state index is -0.225. The number of hydrogen-bond acceptors (Lipinski definition) is 4. The minimum Gasteiger partial charge on any atom is -0.383 e. The number of carbonyl (C=O) groups is 1. The molecule has 0 aromatic heterocycles. The van der Waals surface area contributed by atoms with Crippen LogP contribution >= 0.6 is 0 Å². The lowest BCUT2D eigenvalue weighted by Crippen LogP contribution is -2.48. The first-order valence-corrected chi connectivity index (χ1v) is 10.4. The molecule has 1 aliphatic heterocycles. The number of carbonyl (C=O) groups excluding carboxylic acids is 1. The maximum atomic E-state index is 12.8. The van der Waals surface area contributed by atoms with E-state index in [0.717, 1.165) is 12.8 Å². The lowest BCUT2D eigenvalue weighted by atomic mass is 9.89. The molecule has 0 radical (unpaired) electrons. The smallest absolute Gasteiger partial charge is 0.266 e. The first kappa shape index (κ1) is 20.4. The highest BCUT2D eigenvalue weighted by molar-refractivity contribution is 5.97. The Morgan fingerprint density at radius 1 is 1.29 bits per heavy atom. The van der Waals surface area contributed by atoms with Crippen LogP contribution in [-0.4, -0.2) is 36.1 Å². The minimum absolute atomic E-state index is 0.0144. The first-order valence-electron chi connectivity index (χ1n) is 10.4. The highest BCUT2D eigenvalue weighted by Gasteiger charge is 2.28. The number of hydrogen-bond donors (Lipinski definition) is 1. The second-order valence-electron chi connectivity index (χ2n) is 8.00. The summed E-state index contributed by atoms with van der Waals surface area (Å²) in [6.45, 7) is 7.05. The molecule has 0 spiro atoms. The van der Waals surface area contributed by atoms with E-state index in [1.165, 1.54) is 36.0 Å². The van der Waals surface area contributed by atoms with Crippen LogP contribution in [0.3, 0.4) is 0 Å². The SMILES string of the molecule is CCC(N/C=C(/C#N)C(=O)N1CC(C)OC(C)C1)c1ccc2c(c1)CCCC2. The lowest BCUT2D eigenvalue weighted by molar-refractivity contribution is -0.138. The molecule has 1 amide bonds. The molecule has 5 nitrogen and oxygen atoms in total. The molecule has 1 heterocycles. The van der Waals surface area contributed by atoms with Crippen molar-refractivity contribution in [2.24, 2.45) is 0 Å². The molecule has 3 unspecified atom stereocenters. The number of aryl methyl sites for hydroxylation is 2. The van der Waals surface area contributed by atoms with Gasteiger partial charge in [0.15, 0.2) is 0 Å². The van der Waals surface area contributed by atoms with Gasteiger partial charge in [0.2, 0.25) is 0 Å². The van der Waals surface area contributed by atoms with Crippen molar-refractivity contribution >= 4 is 5.91 Å². The molecule has 3 atom stereocenters. The van der Waals surface area contributed by atoms with E-state index < -0.39 is 0 Å². The Labute approximate surface area is 168 Å². The maximum absolute atomic E-state index is 12.8. The Bertz CT molecular complexity index is 771. The van der Waals surface area contributed by atoms with Gasteiger partial charge >= 0.3 is 0 Å². The summed E-state index contributed by atoms with van der Waals surface area (Å²) in [6.07, 6.45) is 7.29. The Morgan fingerprint density at radius 2 is 1.96 bits per heavy atom. The van der Waals surface area contributed by atoms with E-state index in [2.05, 4.69) is 36.5 Å². The van der Waals surface area contributed by atoms with Crippen LogP contribution in [0.4, 0.5) is 0 Å². The van der Waals surface area contributed by atoms with Gasteiger partial charge < -0.3 is 15.0 Å². The molecule has 150 valence electrons. The van der Waals surface area contributed by atoms with E-state index in [-0.39, 0.29) is 29.7 Å². The quantitative estimate of drug-likeness (QED) is 0.625. The third-order valence-electron chi connectivity index (χ3n) is 5.67. The number of nitrogens with zero attached hydrogens (tertiary/aromatic N) is 2. The van der Waals surface area contributed by atoms with Crippen LogP contribution in [0.5, 0.6) is 0 Å². The third-order valence-corrected chi connectivity index (χ3v) is 5.67. The standard InChI is InChI=1S/C23H31N3O2/c1-4-22(20-10-9-18-7-5-6-8-19(18)11-20)25-13-21(12-24)23(27)26-14-16(2)28-17(3)15-26/h9-11,13,16-17,22,25H,4-8,14-15H2,1-3H3/b21-13-. The number of nitrogens with one attached hydrogen (secondary N) is 1. The molecule has 3 rings (SSSR count). The van der Waals surface area contributed by atoms with E-state index in [0.29, 0.717) is 13.1 Å². The molecule has 0 bridgehead atoms. The highest BCUT2D eigenvalue weighted by Crippen LogP contribution is 2.26. The zero-order valence-corrected chi connectivity index (χ0v) is 17.2. The zero-order valence-electron chi connectivity index (χ0n) is 17.2. The van der Waals surface area contributed by atoms with E-state index in [1.54, 1.807) is 11.1 Å². The predicted octanol–water partition coefficient (Wildman–Crippen LogP) is 3.65. The van der Waals surface area contributed by atoms with Crippen molar-refractivity contribution in [2.45, 2.75) is 71.1 Å². The van der Waals surface area contributed by atoms with Crippen molar-refractivity contribution in [3.8, 4) is 6.07 Å². The average molecular weight is 382 g/mol. The Morgan fingerprint density at radius 3 is 2.61 bits per heavy atom. The van der Waals surface area contributed by atoms with Crippen LogP contribution in [0.25, 0.3) is 0 Å². The summed E-state index contributed by atoms with van der Waals surface area (Å²) in [5, 5.41) is 12.9. The summed E-state index contributed by atoms with van der Waals surface area (Å²) in [6, 6.07) is 8.88. The van der Waals surface area contributed by atoms with Crippen LogP contribution in [0, 0.1) is 11.3 Å². The van der Waals surface area contributed by atoms with Crippen molar-refractivity contribution in [2.75, 3.05) is 13.1 Å². The summed E-state index contributed by atoms with van der Waals surface area (Å²) in [5.41, 5.74) is 4.28. The fourth-order valence-electron chi connectivity index (χ4n) is 4.26. The van der Waals surface area contributed by atoms with E-state index in [4.69, 9.17) is 4.74 Å². The molecule has 1 fully saturated rings. The van der Waals surface area contributed by atoms with Gasteiger partial charge in [0.25, 0.3) is 5.91 Å². The molecule has 28 heavy (non-hydrogen) atoms. The topological polar surface area (TPSA) is 65.4 Å². The number of amides is 1. The number of fused-ring (bicyclic) bond motifs is 1. The van der Waals surface area contributed by atoms with Gasteiger partial charge in [-0.3, -0.25) is 4.79 Å². The molecular formula is C23H31N3O2. The first-order chi connectivity index (χ1) is 13.5. The van der Waals surface area contributed by atoms with Gasteiger partial charge in [-0.25, -0.2) is 0 Å². The Balaban J connectivity index is 1.72. The maximum Gasteiger partial charge on any atom is 0.266 e. The molecule has 1 aromatic carbocycles. The van der Waals surface area contributed by atoms with Gasteiger partial charge in [0, 0.05) is 19.3 Å². The monoisotopic (exact) mass is 381 g/mol. The van der Waals surface area contributed by atoms with E-state index >= 15 is 0 Å². The molecule has 1 saturated heterocycles. The summed E-state index contributed by atoms with van der Waals surface area (Å²) >= 11 is 0. The molecule has 0 saturated carbocycles. The van der Waals surface area contributed by atoms with Crippen LogP contribution in [0.15, 0.2) is 30.0 Å². The van der Waals surface area contributed by atoms with Gasteiger partial charge in [0.1, 0.15) is 11.6 Å². The largest absolute Gasteiger partial charge is 0.383 e. The van der Waals surface area contributed by atoms with Gasteiger partial charge in [-0.2, -0.15) is 5.26 Å². The summed E-state index contributed by atoms with van der Waals surface area (Å²) in [5.74, 6) is -0.225. The van der Waals surface area contributed by atoms with Crippen LogP contribution in [-0.2, 0) is 22.4 Å². The van der Waals surface area contributed by atoms with Crippen LogP contribution in [0.1, 0.15) is 62.8 Å².